The van der Waals surface area contributed by atoms with E-state index in [-0.39, 0.29) is 0 Å². The summed E-state index contributed by atoms with van der Waals surface area (Å²) in [6.07, 6.45) is 0. The summed E-state index contributed by atoms with van der Waals surface area (Å²) in [5.41, 5.74) is 13.9. The fourth-order valence-corrected chi connectivity index (χ4v) is 8.18. The molecule has 1 aromatic heterocycles. The fourth-order valence-electron chi connectivity index (χ4n) is 8.18. The number of benzene rings is 9. The second-order valence-corrected chi connectivity index (χ2v) is 14.1. The maximum atomic E-state index is 5.54. The lowest BCUT2D eigenvalue weighted by Gasteiger charge is -2.29. The number of methoxy groups -OCH3 is 1. The van der Waals surface area contributed by atoms with Crippen molar-refractivity contribution in [1.82, 2.24) is 4.57 Å². The van der Waals surface area contributed by atoms with Gasteiger partial charge in [-0.25, -0.2) is 0 Å². The molecule has 10 aromatic rings. The van der Waals surface area contributed by atoms with Gasteiger partial charge < -0.3 is 14.2 Å². The van der Waals surface area contributed by atoms with E-state index in [1.165, 1.54) is 54.8 Å². The molecule has 9 aromatic carbocycles. The minimum atomic E-state index is 0.828. The van der Waals surface area contributed by atoms with Crippen LogP contribution in [0.5, 0.6) is 5.75 Å². The normalized spacial score (nSPS) is 11.3. The van der Waals surface area contributed by atoms with Crippen LogP contribution >= 0.6 is 0 Å². The number of hydrogen-bond donors (Lipinski definition) is 0. The van der Waals surface area contributed by atoms with E-state index in [1.807, 2.05) is 12.1 Å². The van der Waals surface area contributed by atoms with E-state index in [2.05, 4.69) is 210 Å². The maximum absolute atomic E-state index is 5.54. The van der Waals surface area contributed by atoms with Gasteiger partial charge in [0.25, 0.3) is 0 Å². The number of rotatable bonds is 8. The van der Waals surface area contributed by atoms with Crippen molar-refractivity contribution in [1.29, 1.82) is 0 Å². The maximum Gasteiger partial charge on any atom is 0.119 e. The standard InChI is InChI=1S/C53H38N2O/c1-56-45-32-30-43(31-33-45)54(51-24-12-16-39-15-5-6-19-46(39)51)50-22-9-7-20-47(50)40-27-25-38(26-28-40)42-29-34-49-48-21-8-10-23-52(48)55(53(49)36-42)44-18-11-17-41(35-44)37-13-3-2-4-14-37/h2-36H,1H3. The third-order valence-electron chi connectivity index (χ3n) is 10.9. The van der Waals surface area contributed by atoms with Crippen LogP contribution in [0.2, 0.25) is 0 Å². The van der Waals surface area contributed by atoms with Crippen LogP contribution in [0.4, 0.5) is 17.1 Å². The molecule has 0 atom stereocenters. The van der Waals surface area contributed by atoms with Crippen LogP contribution in [-0.2, 0) is 0 Å². The molecule has 0 amide bonds. The molecule has 0 fully saturated rings. The Morgan fingerprint density at radius 3 is 1.82 bits per heavy atom. The molecule has 3 heteroatoms. The van der Waals surface area contributed by atoms with Gasteiger partial charge in [-0.15, -0.1) is 0 Å². The summed E-state index contributed by atoms with van der Waals surface area (Å²) in [4.78, 5) is 2.37. The van der Waals surface area contributed by atoms with Crippen LogP contribution in [0, 0.1) is 0 Å². The molecule has 0 aliphatic carbocycles. The zero-order valence-corrected chi connectivity index (χ0v) is 31.0. The molecule has 0 bridgehead atoms. The summed E-state index contributed by atoms with van der Waals surface area (Å²) >= 11 is 0. The Bertz CT molecular complexity index is 2990. The second-order valence-electron chi connectivity index (χ2n) is 14.1. The lowest BCUT2D eigenvalue weighted by molar-refractivity contribution is 0.415. The van der Waals surface area contributed by atoms with Crippen molar-refractivity contribution in [2.75, 3.05) is 12.0 Å². The molecule has 56 heavy (non-hydrogen) atoms. The first-order valence-electron chi connectivity index (χ1n) is 19.0. The second kappa shape index (κ2) is 14.1. The van der Waals surface area contributed by atoms with Gasteiger partial charge in [0.2, 0.25) is 0 Å². The summed E-state index contributed by atoms with van der Waals surface area (Å²) in [5, 5.41) is 4.88. The third-order valence-corrected chi connectivity index (χ3v) is 10.9. The Morgan fingerprint density at radius 1 is 0.393 bits per heavy atom. The Balaban J connectivity index is 1.07. The summed E-state index contributed by atoms with van der Waals surface area (Å²) < 4.78 is 7.95. The highest BCUT2D eigenvalue weighted by Gasteiger charge is 2.20. The molecular weight excluding hydrogens is 681 g/mol. The van der Waals surface area contributed by atoms with Gasteiger partial charge in [0.05, 0.1) is 29.5 Å². The number of para-hydroxylation sites is 2. The molecule has 0 spiro atoms. The van der Waals surface area contributed by atoms with Gasteiger partial charge >= 0.3 is 0 Å². The first kappa shape index (κ1) is 33.2. The van der Waals surface area contributed by atoms with Crippen LogP contribution in [0.3, 0.4) is 0 Å². The van der Waals surface area contributed by atoms with Gasteiger partial charge in [-0.1, -0.05) is 152 Å². The molecule has 10 rings (SSSR count). The molecule has 0 unspecified atom stereocenters. The fraction of sp³-hybridized carbons (Fsp3) is 0.0189. The number of aromatic nitrogens is 1. The van der Waals surface area contributed by atoms with E-state index < -0.39 is 0 Å². The number of anilines is 3. The van der Waals surface area contributed by atoms with Gasteiger partial charge in [-0.05, 0) is 93.9 Å². The number of nitrogens with zero attached hydrogens (tertiary/aromatic N) is 2. The average Bonchev–Trinajstić information content (AvgIpc) is 3.61. The lowest BCUT2D eigenvalue weighted by atomic mass is 9.97. The van der Waals surface area contributed by atoms with Crippen molar-refractivity contribution in [2.45, 2.75) is 0 Å². The van der Waals surface area contributed by atoms with E-state index in [0.29, 0.717) is 0 Å². The van der Waals surface area contributed by atoms with Gasteiger partial charge in [0.1, 0.15) is 5.75 Å². The van der Waals surface area contributed by atoms with Gasteiger partial charge in [-0.3, -0.25) is 0 Å². The summed E-state index contributed by atoms with van der Waals surface area (Å²) in [5.74, 6) is 0.828. The van der Waals surface area contributed by atoms with E-state index in [1.54, 1.807) is 7.11 Å². The molecule has 0 radical (unpaired) electrons. The highest BCUT2D eigenvalue weighted by atomic mass is 16.5. The van der Waals surface area contributed by atoms with Crippen LogP contribution in [0.15, 0.2) is 212 Å². The zero-order valence-electron chi connectivity index (χ0n) is 31.0. The predicted molar refractivity (Wildman–Crippen MR) is 236 cm³/mol. The molecular formula is C53H38N2O. The number of fused-ring (bicyclic) bond motifs is 4. The molecule has 0 N–H and O–H groups in total. The third kappa shape index (κ3) is 5.87. The van der Waals surface area contributed by atoms with E-state index in [9.17, 15) is 0 Å². The Morgan fingerprint density at radius 2 is 0.982 bits per heavy atom. The van der Waals surface area contributed by atoms with Gasteiger partial charge in [0.15, 0.2) is 0 Å². The summed E-state index contributed by atoms with van der Waals surface area (Å²) in [7, 11) is 1.71. The largest absolute Gasteiger partial charge is 0.497 e. The Hall–Kier alpha value is -7.36. The van der Waals surface area contributed by atoms with Crippen molar-refractivity contribution in [3.05, 3.63) is 212 Å². The molecule has 0 aliphatic heterocycles. The molecule has 0 saturated heterocycles. The molecule has 3 nitrogen and oxygen atoms in total. The first-order chi connectivity index (χ1) is 27.7. The van der Waals surface area contributed by atoms with Crippen molar-refractivity contribution < 1.29 is 4.74 Å². The highest BCUT2D eigenvalue weighted by molar-refractivity contribution is 6.10. The van der Waals surface area contributed by atoms with Crippen LogP contribution in [0.25, 0.3) is 71.6 Å². The van der Waals surface area contributed by atoms with Crippen molar-refractivity contribution in [3.8, 4) is 44.8 Å². The predicted octanol–water partition coefficient (Wildman–Crippen LogP) is 14.4. The smallest absolute Gasteiger partial charge is 0.119 e. The average molecular weight is 719 g/mol. The highest BCUT2D eigenvalue weighted by Crippen LogP contribution is 2.44. The Kier molecular flexibility index (Phi) is 8.38. The van der Waals surface area contributed by atoms with Gasteiger partial charge in [0, 0.05) is 33.1 Å². The molecule has 1 heterocycles. The summed E-state index contributed by atoms with van der Waals surface area (Å²) in [6.45, 7) is 0. The van der Waals surface area contributed by atoms with Crippen molar-refractivity contribution in [2.24, 2.45) is 0 Å². The van der Waals surface area contributed by atoms with Crippen molar-refractivity contribution in [3.63, 3.8) is 0 Å². The molecule has 0 aliphatic rings. The van der Waals surface area contributed by atoms with Gasteiger partial charge in [-0.2, -0.15) is 0 Å². The van der Waals surface area contributed by atoms with Crippen LogP contribution in [0.1, 0.15) is 0 Å². The zero-order chi connectivity index (χ0) is 37.4. The monoisotopic (exact) mass is 718 g/mol. The van der Waals surface area contributed by atoms with Crippen LogP contribution < -0.4 is 9.64 Å². The van der Waals surface area contributed by atoms with E-state index in [0.717, 1.165) is 39.6 Å². The number of ether oxygens (including phenoxy) is 1. The number of hydrogen-bond acceptors (Lipinski definition) is 2. The van der Waals surface area contributed by atoms with E-state index >= 15 is 0 Å². The van der Waals surface area contributed by atoms with E-state index in [4.69, 9.17) is 4.74 Å². The SMILES string of the molecule is COc1ccc(N(c2ccccc2-c2ccc(-c3ccc4c5ccccc5n(-c5cccc(-c6ccccc6)c5)c4c3)cc2)c2cccc3ccccc23)cc1. The topological polar surface area (TPSA) is 17.4 Å². The molecule has 0 saturated carbocycles. The first-order valence-corrected chi connectivity index (χ1v) is 19.0. The minimum absolute atomic E-state index is 0.828. The summed E-state index contributed by atoms with van der Waals surface area (Å²) in [6, 6.07) is 76.2. The van der Waals surface area contributed by atoms with Crippen molar-refractivity contribution >= 4 is 49.6 Å². The quantitative estimate of drug-likeness (QED) is 0.156. The minimum Gasteiger partial charge on any atom is -0.497 e. The van der Waals surface area contributed by atoms with Crippen LogP contribution in [-0.4, -0.2) is 11.7 Å². The molecule has 266 valence electrons. The Labute approximate surface area is 326 Å². The lowest BCUT2D eigenvalue weighted by Crippen LogP contribution is -2.11.